The highest BCUT2D eigenvalue weighted by Gasteiger charge is 2.07. The second-order valence-electron chi connectivity index (χ2n) is 5.46. The molecule has 0 aliphatic carbocycles. The summed E-state index contributed by atoms with van der Waals surface area (Å²) in [6.07, 6.45) is 0. The quantitative estimate of drug-likeness (QED) is 0.363. The van der Waals surface area contributed by atoms with Gasteiger partial charge in [0.05, 0.1) is 27.3 Å². The van der Waals surface area contributed by atoms with Gasteiger partial charge in [0.1, 0.15) is 5.82 Å². The predicted octanol–water partition coefficient (Wildman–Crippen LogP) is 2.01. The fourth-order valence-corrected chi connectivity index (χ4v) is 2.26. The molecular weight excluding hydrogens is 447 g/mol. The molecule has 0 saturated carbocycles. The van der Waals surface area contributed by atoms with Gasteiger partial charge in [0.2, 0.25) is 0 Å². The molecule has 0 amide bonds. The monoisotopic (exact) mass is 474 g/mol. The average molecular weight is 474 g/mol. The van der Waals surface area contributed by atoms with Crippen LogP contribution in [-0.4, -0.2) is 41.5 Å². The van der Waals surface area contributed by atoms with E-state index in [1.807, 2.05) is 43.7 Å². The van der Waals surface area contributed by atoms with Crippen LogP contribution in [0.5, 0.6) is 11.5 Å². The summed E-state index contributed by atoms with van der Waals surface area (Å²) in [7, 11) is 5.19. The highest BCUT2D eigenvalue weighted by Crippen LogP contribution is 2.27. The molecule has 9 heteroatoms. The van der Waals surface area contributed by atoms with E-state index in [0.717, 1.165) is 29.7 Å². The Kier molecular flexibility index (Phi) is 9.17. The molecule has 26 heavy (non-hydrogen) atoms. The van der Waals surface area contributed by atoms with Crippen LogP contribution < -0.4 is 20.1 Å². The molecule has 2 N–H and O–H groups in total. The first-order valence-corrected chi connectivity index (χ1v) is 8.17. The van der Waals surface area contributed by atoms with Gasteiger partial charge in [-0.05, 0) is 31.5 Å². The van der Waals surface area contributed by atoms with Crippen LogP contribution in [0.2, 0.25) is 0 Å². The van der Waals surface area contributed by atoms with Gasteiger partial charge in [0, 0.05) is 13.6 Å². The zero-order chi connectivity index (χ0) is 18.2. The minimum absolute atomic E-state index is 0. The number of guanidine groups is 1. The van der Waals surface area contributed by atoms with Crippen LogP contribution >= 0.6 is 24.0 Å². The molecule has 144 valence electrons. The maximum atomic E-state index is 5.33. The van der Waals surface area contributed by atoms with Gasteiger partial charge in [-0.15, -0.1) is 34.2 Å². The van der Waals surface area contributed by atoms with E-state index in [-0.39, 0.29) is 24.0 Å². The van der Waals surface area contributed by atoms with E-state index in [9.17, 15) is 0 Å². The molecule has 0 spiro atoms. The van der Waals surface area contributed by atoms with Crippen molar-refractivity contribution < 1.29 is 9.47 Å². The third-order valence-electron chi connectivity index (χ3n) is 3.81. The smallest absolute Gasteiger partial charge is 0.191 e. The maximum Gasteiger partial charge on any atom is 0.191 e. The van der Waals surface area contributed by atoms with Gasteiger partial charge in [0.25, 0.3) is 0 Å². The third-order valence-corrected chi connectivity index (χ3v) is 3.81. The van der Waals surface area contributed by atoms with Crippen LogP contribution in [-0.2, 0) is 20.1 Å². The first-order chi connectivity index (χ1) is 12.1. The minimum atomic E-state index is 0. The van der Waals surface area contributed by atoms with E-state index in [4.69, 9.17) is 9.47 Å². The van der Waals surface area contributed by atoms with Gasteiger partial charge in [-0.1, -0.05) is 6.07 Å². The van der Waals surface area contributed by atoms with E-state index in [1.165, 1.54) is 0 Å². The second kappa shape index (κ2) is 10.8. The molecule has 1 aromatic heterocycles. The first kappa shape index (κ1) is 22.0. The summed E-state index contributed by atoms with van der Waals surface area (Å²) in [5.41, 5.74) is 1.03. The molecule has 2 rings (SSSR count). The molecule has 0 aliphatic rings. The van der Waals surface area contributed by atoms with Crippen LogP contribution in [0.4, 0.5) is 0 Å². The number of aliphatic imine (C=N–C) groups is 1. The molecule has 1 aromatic carbocycles. The molecule has 0 saturated heterocycles. The highest BCUT2D eigenvalue weighted by molar-refractivity contribution is 14.0. The molecule has 0 fully saturated rings. The number of ether oxygens (including phenoxy) is 2. The Morgan fingerprint density at radius 2 is 1.88 bits per heavy atom. The summed E-state index contributed by atoms with van der Waals surface area (Å²) in [6.45, 7) is 5.80. The predicted molar refractivity (Wildman–Crippen MR) is 112 cm³/mol. The molecule has 0 unspecified atom stereocenters. The minimum Gasteiger partial charge on any atom is -0.493 e. The van der Waals surface area contributed by atoms with Gasteiger partial charge < -0.3 is 24.7 Å². The standard InChI is InChI=1S/C17H26N6O2.HI/c1-6-18-17(20-11-16-22-21-12(2)23(16)3)19-10-13-7-8-14(24-4)15(9-13)25-5;/h7-9H,6,10-11H2,1-5H3,(H2,18,19,20);1H. The molecule has 2 aromatic rings. The van der Waals surface area contributed by atoms with Crippen molar-refractivity contribution in [3.05, 3.63) is 35.4 Å². The van der Waals surface area contributed by atoms with Crippen LogP contribution in [0.25, 0.3) is 0 Å². The summed E-state index contributed by atoms with van der Waals surface area (Å²) < 4.78 is 12.5. The van der Waals surface area contributed by atoms with Gasteiger partial charge in [0.15, 0.2) is 23.3 Å². The third kappa shape index (κ3) is 5.75. The van der Waals surface area contributed by atoms with E-state index < -0.39 is 0 Å². The summed E-state index contributed by atoms with van der Waals surface area (Å²) in [5.74, 6) is 3.86. The average Bonchev–Trinajstić information content (AvgIpc) is 2.95. The number of nitrogens with zero attached hydrogens (tertiary/aromatic N) is 4. The second-order valence-corrected chi connectivity index (χ2v) is 5.46. The lowest BCUT2D eigenvalue weighted by Crippen LogP contribution is -2.37. The van der Waals surface area contributed by atoms with Crippen LogP contribution in [0.3, 0.4) is 0 Å². The number of halogens is 1. The Bertz CT molecular complexity index is 732. The van der Waals surface area contributed by atoms with Crippen molar-refractivity contribution in [2.24, 2.45) is 12.0 Å². The van der Waals surface area contributed by atoms with E-state index in [1.54, 1.807) is 14.2 Å². The van der Waals surface area contributed by atoms with Crippen LogP contribution in [0.15, 0.2) is 23.2 Å². The van der Waals surface area contributed by atoms with E-state index >= 15 is 0 Å². The topological polar surface area (TPSA) is 85.6 Å². The van der Waals surface area contributed by atoms with Gasteiger partial charge in [-0.2, -0.15) is 0 Å². The Hall–Kier alpha value is -2.04. The lowest BCUT2D eigenvalue weighted by atomic mass is 10.2. The van der Waals surface area contributed by atoms with Gasteiger partial charge in [-0.25, -0.2) is 4.99 Å². The Morgan fingerprint density at radius 3 is 2.46 bits per heavy atom. The zero-order valence-corrected chi connectivity index (χ0v) is 18.2. The number of benzene rings is 1. The molecule has 0 radical (unpaired) electrons. The number of aromatic nitrogens is 3. The van der Waals surface area contributed by atoms with Crippen molar-refractivity contribution in [2.75, 3.05) is 20.8 Å². The van der Waals surface area contributed by atoms with Crippen molar-refractivity contribution >= 4 is 29.9 Å². The number of rotatable bonds is 7. The first-order valence-electron chi connectivity index (χ1n) is 8.17. The van der Waals surface area contributed by atoms with Crippen molar-refractivity contribution in [1.82, 2.24) is 25.4 Å². The van der Waals surface area contributed by atoms with E-state index in [2.05, 4.69) is 25.8 Å². The number of aryl methyl sites for hydroxylation is 1. The Morgan fingerprint density at radius 1 is 1.15 bits per heavy atom. The summed E-state index contributed by atoms with van der Waals surface area (Å²) >= 11 is 0. The Balaban J connectivity index is 0.00000338. The number of hydrogen-bond acceptors (Lipinski definition) is 5. The summed E-state index contributed by atoms with van der Waals surface area (Å²) in [5, 5.41) is 14.7. The number of nitrogens with one attached hydrogen (secondary N) is 2. The summed E-state index contributed by atoms with van der Waals surface area (Å²) in [4.78, 5) is 4.61. The lowest BCUT2D eigenvalue weighted by Gasteiger charge is -2.12. The maximum absolute atomic E-state index is 5.33. The van der Waals surface area contributed by atoms with Crippen molar-refractivity contribution in [3.8, 4) is 11.5 Å². The SMILES string of the molecule is CCNC(=NCc1ccc(OC)c(OC)c1)NCc1nnc(C)n1C.I. The molecule has 0 atom stereocenters. The molecule has 1 heterocycles. The molecule has 0 bridgehead atoms. The van der Waals surface area contributed by atoms with Gasteiger partial charge in [-0.3, -0.25) is 0 Å². The Labute approximate surface area is 171 Å². The zero-order valence-electron chi connectivity index (χ0n) is 15.9. The van der Waals surface area contributed by atoms with Crippen molar-refractivity contribution in [3.63, 3.8) is 0 Å². The van der Waals surface area contributed by atoms with Crippen LogP contribution in [0.1, 0.15) is 24.1 Å². The molecule has 8 nitrogen and oxygen atoms in total. The molecular formula is C17H27IN6O2. The van der Waals surface area contributed by atoms with Crippen LogP contribution in [0, 0.1) is 6.92 Å². The van der Waals surface area contributed by atoms with E-state index in [0.29, 0.717) is 24.6 Å². The number of hydrogen-bond donors (Lipinski definition) is 2. The fraction of sp³-hybridized carbons (Fsp3) is 0.471. The lowest BCUT2D eigenvalue weighted by molar-refractivity contribution is 0.354. The molecule has 0 aliphatic heterocycles. The van der Waals surface area contributed by atoms with Crippen molar-refractivity contribution in [1.29, 1.82) is 0 Å². The largest absolute Gasteiger partial charge is 0.493 e. The highest BCUT2D eigenvalue weighted by atomic mass is 127. The normalized spacial score (nSPS) is 10.9. The number of methoxy groups -OCH3 is 2. The fourth-order valence-electron chi connectivity index (χ4n) is 2.26. The summed E-state index contributed by atoms with van der Waals surface area (Å²) in [6, 6.07) is 5.78. The van der Waals surface area contributed by atoms with Gasteiger partial charge >= 0.3 is 0 Å². The van der Waals surface area contributed by atoms with Crippen molar-refractivity contribution in [2.45, 2.75) is 26.9 Å².